The van der Waals surface area contributed by atoms with Gasteiger partial charge in [-0.3, -0.25) is 0 Å². The summed E-state index contributed by atoms with van der Waals surface area (Å²) in [5, 5.41) is 15.3. The lowest BCUT2D eigenvalue weighted by Crippen LogP contribution is -3.00. The highest BCUT2D eigenvalue weighted by atomic mass is 35.5. The highest BCUT2D eigenvalue weighted by molar-refractivity contribution is 6.14. The van der Waals surface area contributed by atoms with Gasteiger partial charge >= 0.3 is 0 Å². The quantitative estimate of drug-likeness (QED) is 0.398. The van der Waals surface area contributed by atoms with Gasteiger partial charge in [0.1, 0.15) is 7.05 Å². The topological polar surface area (TPSA) is 51.8 Å². The number of fused-ring (bicyclic) bond motifs is 5. The Morgan fingerprint density at radius 2 is 1.36 bits per heavy atom. The highest BCUT2D eigenvalue weighted by Crippen LogP contribution is 2.38. The molecule has 3 aromatic carbocycles. The zero-order valence-electron chi connectivity index (χ0n) is 15.9. The van der Waals surface area contributed by atoms with Crippen molar-refractivity contribution < 1.29 is 36.3 Å². The van der Waals surface area contributed by atoms with Gasteiger partial charge in [-0.05, 0) is 35.7 Å². The van der Waals surface area contributed by atoms with E-state index >= 15 is 0 Å². The van der Waals surface area contributed by atoms with E-state index in [1.165, 1.54) is 0 Å². The summed E-state index contributed by atoms with van der Waals surface area (Å²) in [6.07, 6.45) is 2.07. The van der Waals surface area contributed by atoms with Crippen LogP contribution in [0.15, 0.2) is 42.6 Å². The Morgan fingerprint density at radius 1 is 0.750 bits per heavy atom. The number of phenols is 1. The number of phenolic OH excluding ortho intramolecular Hbond substituents is 1. The molecule has 0 aliphatic carbocycles. The minimum absolute atomic E-state index is 0. The summed E-state index contributed by atoms with van der Waals surface area (Å²) in [6.45, 7) is 0. The minimum atomic E-state index is 0. The van der Waals surface area contributed by atoms with Crippen LogP contribution in [0.2, 0.25) is 0 Å². The Balaban J connectivity index is 0.00000140. The summed E-state index contributed by atoms with van der Waals surface area (Å²) in [7, 11) is 6.84. The largest absolute Gasteiger partial charge is 1.00 e. The second-order valence-corrected chi connectivity index (χ2v) is 6.24. The number of hydrogen-bond donors (Lipinski definition) is 1. The van der Waals surface area contributed by atoms with Crippen LogP contribution >= 0.6 is 12.4 Å². The van der Waals surface area contributed by atoms with Crippen molar-refractivity contribution in [2.75, 3.05) is 21.3 Å². The van der Waals surface area contributed by atoms with Crippen molar-refractivity contribution in [2.45, 2.75) is 0 Å². The summed E-state index contributed by atoms with van der Waals surface area (Å²) in [5.74, 6) is 1.98. The molecule has 0 bridgehead atoms. The SMILES string of the molecule is COc1cc2c(ccc3c4cc(OC)c(OC)cc4c[n+](C)c23)cc1O.Cl.[Cl-]. The Hall–Kier alpha value is -2.63. The van der Waals surface area contributed by atoms with E-state index in [0.717, 1.165) is 32.4 Å². The van der Waals surface area contributed by atoms with Crippen LogP contribution in [0, 0.1) is 0 Å². The van der Waals surface area contributed by atoms with Gasteiger partial charge in [-0.2, -0.15) is 4.57 Å². The third kappa shape index (κ3) is 3.21. The smallest absolute Gasteiger partial charge is 0.220 e. The first kappa shape index (κ1) is 21.7. The van der Waals surface area contributed by atoms with E-state index in [0.29, 0.717) is 17.2 Å². The molecule has 5 nitrogen and oxygen atoms in total. The highest BCUT2D eigenvalue weighted by Gasteiger charge is 2.18. The summed E-state index contributed by atoms with van der Waals surface area (Å²) < 4.78 is 18.3. The van der Waals surface area contributed by atoms with Gasteiger partial charge in [-0.15, -0.1) is 12.4 Å². The molecule has 4 aromatic rings. The second kappa shape index (κ2) is 8.17. The number of aryl methyl sites for hydroxylation is 1. The molecule has 1 aromatic heterocycles. The number of methoxy groups -OCH3 is 3. The Morgan fingerprint density at radius 3 is 2.00 bits per heavy atom. The monoisotopic (exact) mass is 421 g/mol. The number of aromatic nitrogens is 1. The summed E-state index contributed by atoms with van der Waals surface area (Å²) in [4.78, 5) is 0. The van der Waals surface area contributed by atoms with Crippen molar-refractivity contribution in [1.82, 2.24) is 0 Å². The lowest BCUT2D eigenvalue weighted by molar-refractivity contribution is -0.642. The number of hydrogen-bond acceptors (Lipinski definition) is 4. The molecule has 148 valence electrons. The first-order valence-electron chi connectivity index (χ1n) is 8.25. The minimum Gasteiger partial charge on any atom is -1.00 e. The van der Waals surface area contributed by atoms with E-state index in [-0.39, 0.29) is 30.6 Å². The Kier molecular flexibility index (Phi) is 6.32. The van der Waals surface area contributed by atoms with E-state index < -0.39 is 0 Å². The van der Waals surface area contributed by atoms with Gasteiger partial charge in [0.15, 0.2) is 29.2 Å². The molecular formula is C21H21Cl2NO4. The number of ether oxygens (including phenoxy) is 3. The molecule has 0 radical (unpaired) electrons. The van der Waals surface area contributed by atoms with Gasteiger partial charge in [0.05, 0.1) is 37.5 Å². The molecule has 0 aliphatic heterocycles. The normalized spacial score (nSPS) is 10.4. The molecule has 0 atom stereocenters. The maximum Gasteiger partial charge on any atom is 0.220 e. The standard InChI is InChI=1S/C21H19NO4.2ClH/c1-22-11-13-8-19(25-3)20(26-4)9-15(13)14-6-5-12-7-17(23)18(24-2)10-16(12)21(14)22;;/h5-11H,1-4H3;2*1H. The van der Waals surface area contributed by atoms with Gasteiger partial charge in [0, 0.05) is 5.39 Å². The molecule has 0 saturated heterocycles. The Bertz CT molecular complexity index is 1180. The molecule has 0 aliphatic rings. The number of rotatable bonds is 3. The van der Waals surface area contributed by atoms with Crippen LogP contribution in [0.3, 0.4) is 0 Å². The molecule has 7 heteroatoms. The van der Waals surface area contributed by atoms with Crippen LogP contribution in [0.1, 0.15) is 0 Å². The summed E-state index contributed by atoms with van der Waals surface area (Å²) in [5.41, 5.74) is 1.06. The molecule has 28 heavy (non-hydrogen) atoms. The summed E-state index contributed by atoms with van der Waals surface area (Å²) >= 11 is 0. The van der Waals surface area contributed by atoms with Crippen molar-refractivity contribution >= 4 is 44.9 Å². The van der Waals surface area contributed by atoms with Crippen LogP contribution in [0.25, 0.3) is 32.4 Å². The fourth-order valence-electron chi connectivity index (χ4n) is 3.59. The van der Waals surface area contributed by atoms with Gasteiger partial charge in [0.25, 0.3) is 0 Å². The van der Waals surface area contributed by atoms with Crippen molar-refractivity contribution in [1.29, 1.82) is 0 Å². The van der Waals surface area contributed by atoms with E-state index in [9.17, 15) is 5.11 Å². The molecular weight excluding hydrogens is 401 g/mol. The predicted molar refractivity (Wildman–Crippen MR) is 109 cm³/mol. The lowest BCUT2D eigenvalue weighted by Gasteiger charge is -2.11. The fourth-order valence-corrected chi connectivity index (χ4v) is 3.59. The van der Waals surface area contributed by atoms with E-state index in [2.05, 4.69) is 16.8 Å². The van der Waals surface area contributed by atoms with Crippen molar-refractivity contribution in [3.05, 3.63) is 42.6 Å². The van der Waals surface area contributed by atoms with Crippen molar-refractivity contribution in [3.63, 3.8) is 0 Å². The maximum atomic E-state index is 10.1. The van der Waals surface area contributed by atoms with Crippen molar-refractivity contribution in [2.24, 2.45) is 7.05 Å². The average Bonchev–Trinajstić information content (AvgIpc) is 2.65. The molecule has 0 unspecified atom stereocenters. The first-order valence-corrected chi connectivity index (χ1v) is 8.25. The fraction of sp³-hybridized carbons (Fsp3) is 0.190. The number of pyridine rings is 1. The molecule has 0 saturated carbocycles. The van der Waals surface area contributed by atoms with Gasteiger partial charge in [-0.1, -0.05) is 6.07 Å². The first-order chi connectivity index (χ1) is 12.6. The zero-order chi connectivity index (χ0) is 18.4. The van der Waals surface area contributed by atoms with E-state index in [4.69, 9.17) is 14.2 Å². The molecule has 1 N–H and O–H groups in total. The van der Waals surface area contributed by atoms with Crippen molar-refractivity contribution in [3.8, 4) is 23.0 Å². The van der Waals surface area contributed by atoms with E-state index in [1.54, 1.807) is 27.4 Å². The molecule has 0 spiro atoms. The number of benzene rings is 3. The predicted octanol–water partition coefficient (Wildman–Crippen LogP) is 1.13. The maximum absolute atomic E-state index is 10.1. The number of halogens is 2. The van der Waals surface area contributed by atoms with Crippen LogP contribution < -0.4 is 31.2 Å². The van der Waals surface area contributed by atoms with Gasteiger partial charge < -0.3 is 31.7 Å². The zero-order valence-corrected chi connectivity index (χ0v) is 17.5. The van der Waals surface area contributed by atoms with Crippen LogP contribution in [0.4, 0.5) is 0 Å². The second-order valence-electron chi connectivity index (χ2n) is 6.24. The lowest BCUT2D eigenvalue weighted by atomic mass is 10.00. The third-order valence-corrected chi connectivity index (χ3v) is 4.82. The van der Waals surface area contributed by atoms with Gasteiger partial charge in [-0.25, -0.2) is 0 Å². The molecule has 1 heterocycles. The molecule has 4 rings (SSSR count). The van der Waals surface area contributed by atoms with Crippen LogP contribution in [-0.4, -0.2) is 26.4 Å². The average molecular weight is 422 g/mol. The molecule has 0 amide bonds. The number of aromatic hydroxyl groups is 1. The van der Waals surface area contributed by atoms with E-state index in [1.807, 2.05) is 31.3 Å². The summed E-state index contributed by atoms with van der Waals surface area (Å²) in [6, 6.07) is 11.7. The third-order valence-electron chi connectivity index (χ3n) is 4.82. The Labute approximate surface area is 175 Å². The van der Waals surface area contributed by atoms with Gasteiger partial charge in [0.2, 0.25) is 5.52 Å². The van der Waals surface area contributed by atoms with Crippen LogP contribution in [-0.2, 0) is 7.05 Å². The number of nitrogens with zero attached hydrogens (tertiary/aromatic N) is 1. The molecule has 0 fully saturated rings. The van der Waals surface area contributed by atoms with Crippen LogP contribution in [0.5, 0.6) is 23.0 Å².